The number of hydrogen-bond donors (Lipinski definition) is 1. The predicted octanol–water partition coefficient (Wildman–Crippen LogP) is 4.58. The maximum atomic E-state index is 13.8. The summed E-state index contributed by atoms with van der Waals surface area (Å²) in [6.07, 6.45) is 0. The molecule has 0 amide bonds. The molecule has 0 atom stereocenters. The largest absolute Gasteiger partial charge is 0.428 e. The maximum Gasteiger partial charge on any atom is 0.311 e. The van der Waals surface area contributed by atoms with Gasteiger partial charge in [0.05, 0.1) is 20.9 Å². The lowest BCUT2D eigenvalue weighted by Gasteiger charge is -2.14. The van der Waals surface area contributed by atoms with Crippen molar-refractivity contribution in [3.8, 4) is 11.6 Å². The van der Waals surface area contributed by atoms with Crippen LogP contribution in [0.2, 0.25) is 0 Å². The number of sulfonamides is 1. The number of nitro groups is 1. The van der Waals surface area contributed by atoms with E-state index in [1.807, 2.05) is 0 Å². The molecule has 0 saturated carbocycles. The molecule has 9 nitrogen and oxygen atoms in total. The number of nitrogens with one attached hydrogen (secondary N) is 1. The zero-order chi connectivity index (χ0) is 22.9. The molecule has 4 rings (SSSR count). The molecule has 0 spiro atoms. The standard InChI is InChI=1S/C21H15FN4O5S/c1-13-6-2-5-9-19(13)32(29,30)25-20-21(24-16-8-4-3-7-15(16)23-20)31-18-12-14(22)10-11-17(18)26(27)28/h2-12H,1H3,(H,23,25). The van der Waals surface area contributed by atoms with E-state index < -0.39 is 32.2 Å². The van der Waals surface area contributed by atoms with Crippen LogP contribution in [-0.2, 0) is 10.0 Å². The van der Waals surface area contributed by atoms with E-state index in [2.05, 4.69) is 14.7 Å². The Morgan fingerprint density at radius 1 is 1.00 bits per heavy atom. The number of benzene rings is 3. The minimum Gasteiger partial charge on any atom is -0.428 e. The predicted molar refractivity (Wildman–Crippen MR) is 115 cm³/mol. The van der Waals surface area contributed by atoms with Crippen LogP contribution in [0, 0.1) is 22.9 Å². The number of halogens is 1. The van der Waals surface area contributed by atoms with E-state index in [4.69, 9.17) is 4.74 Å². The minimum absolute atomic E-state index is 0.0117. The first-order chi connectivity index (χ1) is 15.2. The Hall–Kier alpha value is -4.12. The molecule has 4 aromatic rings. The third-order valence-corrected chi connectivity index (χ3v) is 5.98. The number of ether oxygens (including phenoxy) is 1. The Bertz CT molecular complexity index is 1460. The zero-order valence-electron chi connectivity index (χ0n) is 16.5. The van der Waals surface area contributed by atoms with E-state index in [1.165, 1.54) is 6.07 Å². The van der Waals surface area contributed by atoms with Crippen molar-refractivity contribution < 1.29 is 22.5 Å². The lowest BCUT2D eigenvalue weighted by molar-refractivity contribution is -0.385. The van der Waals surface area contributed by atoms with Gasteiger partial charge in [-0.05, 0) is 36.8 Å². The van der Waals surface area contributed by atoms with Gasteiger partial charge in [0.15, 0.2) is 0 Å². The van der Waals surface area contributed by atoms with Crippen molar-refractivity contribution in [1.29, 1.82) is 0 Å². The molecule has 0 unspecified atom stereocenters. The van der Waals surface area contributed by atoms with E-state index in [1.54, 1.807) is 49.4 Å². The highest BCUT2D eigenvalue weighted by molar-refractivity contribution is 7.92. The lowest BCUT2D eigenvalue weighted by atomic mass is 10.2. The molecule has 0 saturated heterocycles. The van der Waals surface area contributed by atoms with Gasteiger partial charge >= 0.3 is 5.69 Å². The normalized spacial score (nSPS) is 11.3. The van der Waals surface area contributed by atoms with Gasteiger partial charge in [-0.1, -0.05) is 30.3 Å². The van der Waals surface area contributed by atoms with Crippen LogP contribution in [-0.4, -0.2) is 23.3 Å². The van der Waals surface area contributed by atoms with Crippen LogP contribution in [0.25, 0.3) is 11.0 Å². The molecule has 11 heteroatoms. The summed E-state index contributed by atoms with van der Waals surface area (Å²) in [4.78, 5) is 19.1. The second kappa shape index (κ2) is 8.19. The summed E-state index contributed by atoms with van der Waals surface area (Å²) < 4.78 is 47.6. The van der Waals surface area contributed by atoms with E-state index in [0.29, 0.717) is 16.6 Å². The first kappa shape index (κ1) is 21.1. The van der Waals surface area contributed by atoms with Gasteiger partial charge in [-0.3, -0.25) is 14.8 Å². The van der Waals surface area contributed by atoms with E-state index in [0.717, 1.165) is 18.2 Å². The first-order valence-corrected chi connectivity index (χ1v) is 10.7. The molecule has 1 aromatic heterocycles. The quantitative estimate of drug-likeness (QED) is 0.334. The Balaban J connectivity index is 1.85. The number of nitrogens with zero attached hydrogens (tertiary/aromatic N) is 3. The number of anilines is 1. The van der Waals surface area contributed by atoms with Crippen molar-refractivity contribution in [3.05, 3.63) is 88.2 Å². The summed E-state index contributed by atoms with van der Waals surface area (Å²) in [5.41, 5.74) is 0.683. The third-order valence-electron chi connectivity index (χ3n) is 4.48. The second-order valence-corrected chi connectivity index (χ2v) is 8.36. The van der Waals surface area contributed by atoms with Crippen LogP contribution in [0.15, 0.2) is 71.6 Å². The Kier molecular flexibility index (Phi) is 5.41. The Labute approximate surface area is 181 Å². The summed E-state index contributed by atoms with van der Waals surface area (Å²) in [6, 6.07) is 15.6. The molecule has 0 aliphatic heterocycles. The topological polar surface area (TPSA) is 124 Å². The zero-order valence-corrected chi connectivity index (χ0v) is 17.3. The van der Waals surface area contributed by atoms with Crippen molar-refractivity contribution in [3.63, 3.8) is 0 Å². The fourth-order valence-corrected chi connectivity index (χ4v) is 4.23. The highest BCUT2D eigenvalue weighted by Gasteiger charge is 2.24. The summed E-state index contributed by atoms with van der Waals surface area (Å²) in [7, 11) is -4.10. The fourth-order valence-electron chi connectivity index (χ4n) is 2.99. The highest BCUT2D eigenvalue weighted by Crippen LogP contribution is 2.35. The van der Waals surface area contributed by atoms with Crippen LogP contribution in [0.5, 0.6) is 11.6 Å². The van der Waals surface area contributed by atoms with Crippen LogP contribution in [0.3, 0.4) is 0 Å². The van der Waals surface area contributed by atoms with E-state index >= 15 is 0 Å². The SMILES string of the molecule is Cc1ccccc1S(=O)(=O)Nc1nc2ccccc2nc1Oc1cc(F)ccc1[N+](=O)[O-]. The summed E-state index contributed by atoms with van der Waals surface area (Å²) in [6.45, 7) is 1.63. The Morgan fingerprint density at radius 2 is 1.66 bits per heavy atom. The van der Waals surface area contributed by atoms with Gasteiger partial charge < -0.3 is 4.74 Å². The van der Waals surface area contributed by atoms with Crippen molar-refractivity contribution in [1.82, 2.24) is 9.97 Å². The van der Waals surface area contributed by atoms with E-state index in [-0.39, 0.29) is 16.6 Å². The summed E-state index contributed by atoms with van der Waals surface area (Å²) in [5, 5.41) is 11.3. The fraction of sp³-hybridized carbons (Fsp3) is 0.0476. The third kappa shape index (κ3) is 4.18. The molecular formula is C21H15FN4O5S. The monoisotopic (exact) mass is 454 g/mol. The first-order valence-electron chi connectivity index (χ1n) is 9.21. The van der Waals surface area contributed by atoms with Gasteiger partial charge in [0.1, 0.15) is 5.82 Å². The van der Waals surface area contributed by atoms with Crippen LogP contribution >= 0.6 is 0 Å². The molecule has 0 aliphatic rings. The van der Waals surface area contributed by atoms with Gasteiger partial charge in [-0.15, -0.1) is 0 Å². The molecule has 1 N–H and O–H groups in total. The average Bonchev–Trinajstić information content (AvgIpc) is 2.74. The van der Waals surface area contributed by atoms with Crippen LogP contribution in [0.4, 0.5) is 15.9 Å². The highest BCUT2D eigenvalue weighted by atomic mass is 32.2. The molecule has 0 radical (unpaired) electrons. The van der Waals surface area contributed by atoms with Crippen molar-refractivity contribution >= 4 is 32.6 Å². The van der Waals surface area contributed by atoms with Gasteiger partial charge in [-0.2, -0.15) is 0 Å². The molecular weight excluding hydrogens is 439 g/mol. The lowest BCUT2D eigenvalue weighted by Crippen LogP contribution is -2.16. The number of aromatic nitrogens is 2. The molecule has 0 bridgehead atoms. The van der Waals surface area contributed by atoms with Gasteiger partial charge in [0, 0.05) is 12.1 Å². The molecule has 3 aromatic carbocycles. The number of fused-ring (bicyclic) bond motifs is 1. The Morgan fingerprint density at radius 3 is 2.34 bits per heavy atom. The number of nitro benzene ring substituents is 1. The molecule has 162 valence electrons. The van der Waals surface area contributed by atoms with Crippen LogP contribution in [0.1, 0.15) is 5.56 Å². The van der Waals surface area contributed by atoms with Crippen molar-refractivity contribution in [2.45, 2.75) is 11.8 Å². The summed E-state index contributed by atoms with van der Waals surface area (Å²) >= 11 is 0. The average molecular weight is 454 g/mol. The number of aryl methyl sites for hydroxylation is 1. The van der Waals surface area contributed by atoms with Crippen molar-refractivity contribution in [2.24, 2.45) is 0 Å². The molecule has 0 fully saturated rings. The molecule has 32 heavy (non-hydrogen) atoms. The number of hydrogen-bond acceptors (Lipinski definition) is 7. The van der Waals surface area contributed by atoms with Crippen molar-refractivity contribution in [2.75, 3.05) is 4.72 Å². The number of para-hydroxylation sites is 2. The van der Waals surface area contributed by atoms with Gasteiger partial charge in [0.25, 0.3) is 15.9 Å². The number of rotatable bonds is 6. The molecule has 0 aliphatic carbocycles. The van der Waals surface area contributed by atoms with E-state index in [9.17, 15) is 22.9 Å². The minimum atomic E-state index is -4.10. The smallest absolute Gasteiger partial charge is 0.311 e. The molecule has 1 heterocycles. The summed E-state index contributed by atoms with van der Waals surface area (Å²) in [5.74, 6) is -1.89. The second-order valence-electron chi connectivity index (χ2n) is 6.71. The maximum absolute atomic E-state index is 13.8. The van der Waals surface area contributed by atoms with Gasteiger partial charge in [-0.25, -0.2) is 22.8 Å². The van der Waals surface area contributed by atoms with Gasteiger partial charge in [0.2, 0.25) is 11.6 Å². The van der Waals surface area contributed by atoms with Crippen LogP contribution < -0.4 is 9.46 Å².